The fourth-order valence-electron chi connectivity index (χ4n) is 3.53. The number of anilines is 1. The number of amides is 1. The summed E-state index contributed by atoms with van der Waals surface area (Å²) >= 11 is 0. The number of aromatic amines is 1. The van der Waals surface area contributed by atoms with Crippen molar-refractivity contribution in [1.29, 1.82) is 0 Å². The third-order valence-corrected chi connectivity index (χ3v) is 4.67. The molecule has 0 spiro atoms. The Balaban J connectivity index is 1.63. The van der Waals surface area contributed by atoms with E-state index < -0.39 is 5.60 Å². The van der Waals surface area contributed by atoms with Gasteiger partial charge in [0.1, 0.15) is 5.60 Å². The van der Waals surface area contributed by atoms with E-state index in [0.29, 0.717) is 6.61 Å². The van der Waals surface area contributed by atoms with Gasteiger partial charge in [0, 0.05) is 16.6 Å². The van der Waals surface area contributed by atoms with E-state index in [9.17, 15) is 4.79 Å². The van der Waals surface area contributed by atoms with Crippen molar-refractivity contribution in [2.24, 2.45) is 0 Å². The number of hydrogen-bond donors (Lipinski definition) is 2. The third-order valence-electron chi connectivity index (χ3n) is 4.67. The summed E-state index contributed by atoms with van der Waals surface area (Å²) in [5.74, 6) is -0.0461. The monoisotopic (exact) mass is 320 g/mol. The average Bonchev–Trinajstić information content (AvgIpc) is 2.96. The van der Waals surface area contributed by atoms with Crippen molar-refractivity contribution in [2.75, 3.05) is 11.9 Å². The van der Waals surface area contributed by atoms with Gasteiger partial charge in [-0.2, -0.15) is 0 Å². The molecular weight excluding hydrogens is 300 g/mol. The Labute approximate surface area is 140 Å². The third kappa shape index (κ3) is 2.59. The predicted octanol–water partition coefficient (Wildman–Crippen LogP) is 3.98. The summed E-state index contributed by atoms with van der Waals surface area (Å²) < 4.78 is 6.04. The van der Waals surface area contributed by atoms with Crippen LogP contribution in [0.2, 0.25) is 0 Å². The molecule has 2 N–H and O–H groups in total. The van der Waals surface area contributed by atoms with E-state index in [1.807, 2.05) is 49.4 Å². The van der Waals surface area contributed by atoms with Gasteiger partial charge < -0.3 is 15.0 Å². The second kappa shape index (κ2) is 5.80. The quantitative estimate of drug-likeness (QED) is 0.767. The molecule has 24 heavy (non-hydrogen) atoms. The highest BCUT2D eigenvalue weighted by molar-refractivity contribution is 5.92. The van der Waals surface area contributed by atoms with Gasteiger partial charge in [0.05, 0.1) is 18.7 Å². The van der Waals surface area contributed by atoms with Crippen molar-refractivity contribution < 1.29 is 9.53 Å². The number of fused-ring (bicyclic) bond motifs is 3. The van der Waals surface area contributed by atoms with E-state index in [4.69, 9.17) is 4.74 Å². The Morgan fingerprint density at radius 3 is 2.75 bits per heavy atom. The van der Waals surface area contributed by atoms with Gasteiger partial charge in [-0.3, -0.25) is 4.79 Å². The largest absolute Gasteiger partial charge is 0.368 e. The van der Waals surface area contributed by atoms with Crippen LogP contribution in [0.15, 0.2) is 54.6 Å². The predicted molar refractivity (Wildman–Crippen MR) is 95.0 cm³/mol. The molecule has 1 unspecified atom stereocenters. The van der Waals surface area contributed by atoms with Gasteiger partial charge >= 0.3 is 0 Å². The lowest BCUT2D eigenvalue weighted by atomic mass is 9.90. The Kier molecular flexibility index (Phi) is 3.62. The molecule has 1 aromatic heterocycles. The first-order valence-electron chi connectivity index (χ1n) is 8.25. The zero-order valence-corrected chi connectivity index (χ0v) is 13.6. The van der Waals surface area contributed by atoms with Gasteiger partial charge in [-0.1, -0.05) is 36.4 Å². The number of benzene rings is 2. The Bertz CT molecular complexity index is 885. The lowest BCUT2D eigenvalue weighted by Gasteiger charge is -2.33. The molecule has 1 amide bonds. The molecule has 4 nitrogen and oxygen atoms in total. The molecule has 4 heteroatoms. The van der Waals surface area contributed by atoms with Gasteiger partial charge in [-0.15, -0.1) is 0 Å². The summed E-state index contributed by atoms with van der Waals surface area (Å²) in [4.78, 5) is 16.0. The van der Waals surface area contributed by atoms with Gasteiger partial charge in [-0.05, 0) is 37.1 Å². The number of para-hydroxylation sites is 2. The van der Waals surface area contributed by atoms with Gasteiger partial charge in [0.2, 0.25) is 5.91 Å². The number of aromatic nitrogens is 1. The first kappa shape index (κ1) is 15.0. The highest BCUT2D eigenvalue weighted by Crippen LogP contribution is 2.39. The molecule has 0 bridgehead atoms. The van der Waals surface area contributed by atoms with Crippen molar-refractivity contribution in [3.8, 4) is 0 Å². The standard InChI is InChI=1S/C20H20N2O2/c1-20(13-18(23)21-14-7-3-2-4-8-14)19-16(11-12-24-20)15-9-5-6-10-17(15)22-19/h2-10,22H,11-13H2,1H3,(H,21,23). The highest BCUT2D eigenvalue weighted by atomic mass is 16.5. The number of H-pyrrole nitrogens is 1. The summed E-state index contributed by atoms with van der Waals surface area (Å²) in [7, 11) is 0. The molecule has 1 atom stereocenters. The molecule has 4 rings (SSSR count). The number of ether oxygens (including phenoxy) is 1. The first-order chi connectivity index (χ1) is 11.7. The maximum atomic E-state index is 12.5. The van der Waals surface area contributed by atoms with Crippen LogP contribution in [0.5, 0.6) is 0 Å². The Morgan fingerprint density at radius 2 is 1.92 bits per heavy atom. The lowest BCUT2D eigenvalue weighted by molar-refractivity contribution is -0.125. The topological polar surface area (TPSA) is 54.1 Å². The van der Waals surface area contributed by atoms with Crippen molar-refractivity contribution in [3.05, 3.63) is 65.9 Å². The lowest BCUT2D eigenvalue weighted by Crippen LogP contribution is -2.36. The minimum absolute atomic E-state index is 0.0461. The summed E-state index contributed by atoms with van der Waals surface area (Å²) in [5.41, 5.74) is 3.57. The van der Waals surface area contributed by atoms with Crippen LogP contribution in [-0.2, 0) is 21.6 Å². The fourth-order valence-corrected chi connectivity index (χ4v) is 3.53. The van der Waals surface area contributed by atoms with Crippen LogP contribution in [0.4, 0.5) is 5.69 Å². The van der Waals surface area contributed by atoms with Crippen molar-refractivity contribution in [3.63, 3.8) is 0 Å². The molecular formula is C20H20N2O2. The minimum Gasteiger partial charge on any atom is -0.368 e. The van der Waals surface area contributed by atoms with Crippen LogP contribution in [0, 0.1) is 0 Å². The van der Waals surface area contributed by atoms with Crippen molar-refractivity contribution in [1.82, 2.24) is 4.98 Å². The highest BCUT2D eigenvalue weighted by Gasteiger charge is 2.37. The molecule has 0 saturated heterocycles. The zero-order valence-electron chi connectivity index (χ0n) is 13.6. The van der Waals surface area contributed by atoms with Crippen LogP contribution < -0.4 is 5.32 Å². The van der Waals surface area contributed by atoms with Crippen LogP contribution in [0.1, 0.15) is 24.6 Å². The molecule has 0 saturated carbocycles. The molecule has 3 aromatic rings. The number of rotatable bonds is 3. The molecule has 2 heterocycles. The van der Waals surface area contributed by atoms with Crippen LogP contribution in [0.25, 0.3) is 10.9 Å². The van der Waals surface area contributed by atoms with Crippen molar-refractivity contribution >= 4 is 22.5 Å². The number of carbonyl (C=O) groups excluding carboxylic acids is 1. The van der Waals surface area contributed by atoms with E-state index >= 15 is 0 Å². The van der Waals surface area contributed by atoms with Crippen LogP contribution in [0.3, 0.4) is 0 Å². The van der Waals surface area contributed by atoms with Crippen LogP contribution >= 0.6 is 0 Å². The maximum Gasteiger partial charge on any atom is 0.227 e. The second-order valence-electron chi connectivity index (χ2n) is 6.44. The summed E-state index contributed by atoms with van der Waals surface area (Å²) in [6, 6.07) is 17.8. The van der Waals surface area contributed by atoms with E-state index in [1.165, 1.54) is 10.9 Å². The molecule has 0 aliphatic carbocycles. The number of nitrogens with one attached hydrogen (secondary N) is 2. The molecule has 0 radical (unpaired) electrons. The average molecular weight is 320 g/mol. The maximum absolute atomic E-state index is 12.5. The fraction of sp³-hybridized carbons (Fsp3) is 0.250. The number of carbonyl (C=O) groups is 1. The molecule has 1 aliphatic rings. The Morgan fingerprint density at radius 1 is 1.17 bits per heavy atom. The molecule has 0 fully saturated rings. The first-order valence-corrected chi connectivity index (χ1v) is 8.25. The summed E-state index contributed by atoms with van der Waals surface area (Å²) in [6.45, 7) is 2.62. The molecule has 122 valence electrons. The zero-order chi connectivity index (χ0) is 16.6. The van der Waals surface area contributed by atoms with E-state index in [-0.39, 0.29) is 12.3 Å². The SMILES string of the molecule is CC1(CC(=O)Nc2ccccc2)OCCc2c1[nH]c1ccccc21. The van der Waals surface area contributed by atoms with Gasteiger partial charge in [-0.25, -0.2) is 0 Å². The summed E-state index contributed by atoms with van der Waals surface area (Å²) in [6.07, 6.45) is 1.15. The van der Waals surface area contributed by atoms with Gasteiger partial charge in [0.15, 0.2) is 0 Å². The van der Waals surface area contributed by atoms with E-state index in [0.717, 1.165) is 23.3 Å². The van der Waals surface area contributed by atoms with Crippen molar-refractivity contribution in [2.45, 2.75) is 25.4 Å². The Hall–Kier alpha value is -2.59. The minimum atomic E-state index is -0.633. The molecule has 2 aromatic carbocycles. The van der Waals surface area contributed by atoms with Gasteiger partial charge in [0.25, 0.3) is 0 Å². The normalized spacial score (nSPS) is 19.9. The van der Waals surface area contributed by atoms with E-state index in [1.54, 1.807) is 0 Å². The second-order valence-corrected chi connectivity index (χ2v) is 6.44. The smallest absolute Gasteiger partial charge is 0.227 e. The summed E-state index contributed by atoms with van der Waals surface area (Å²) in [5, 5.41) is 4.17. The van der Waals surface area contributed by atoms with E-state index in [2.05, 4.69) is 22.4 Å². The number of hydrogen-bond acceptors (Lipinski definition) is 2. The molecule has 1 aliphatic heterocycles. The van der Waals surface area contributed by atoms with Crippen LogP contribution in [-0.4, -0.2) is 17.5 Å².